The molecule has 0 aromatic heterocycles. The molecule has 3 unspecified atom stereocenters. The molecule has 35 heavy (non-hydrogen) atoms. The van der Waals surface area contributed by atoms with Gasteiger partial charge in [-0.2, -0.15) is 4.31 Å². The molecule has 11 heteroatoms. The van der Waals surface area contributed by atoms with Crippen LogP contribution in [-0.2, 0) is 33.8 Å². The molecule has 1 saturated carbocycles. The Morgan fingerprint density at radius 2 is 1.71 bits per heavy atom. The summed E-state index contributed by atoms with van der Waals surface area (Å²) in [4.78, 5) is 27.4. The quantitative estimate of drug-likeness (QED) is 0.435. The van der Waals surface area contributed by atoms with Crippen molar-refractivity contribution in [3.8, 4) is 0 Å². The Balaban J connectivity index is 1.31. The van der Waals surface area contributed by atoms with Crippen molar-refractivity contribution < 1.29 is 32.2 Å². The van der Waals surface area contributed by atoms with Crippen molar-refractivity contribution in [1.82, 2.24) is 4.31 Å². The number of amides is 1. The van der Waals surface area contributed by atoms with Gasteiger partial charge in [-0.1, -0.05) is 12.2 Å². The molecule has 1 aromatic carbocycles. The number of esters is 1. The molecule has 2 aliphatic heterocycles. The molecular formula is C24H31N3O7S. The number of ether oxygens (including phenoxy) is 3. The fourth-order valence-corrected chi connectivity index (χ4v) is 6.71. The fourth-order valence-electron chi connectivity index (χ4n) is 5.27. The van der Waals surface area contributed by atoms with Crippen LogP contribution in [0.25, 0.3) is 0 Å². The Kier molecular flexibility index (Phi) is 7.10. The van der Waals surface area contributed by atoms with E-state index >= 15 is 0 Å². The normalized spacial score (nSPS) is 26.6. The van der Waals surface area contributed by atoms with Gasteiger partial charge in [0.05, 0.1) is 48.6 Å². The number of carbonyl (C=O) groups is 2. The first-order chi connectivity index (χ1) is 16.9. The molecule has 190 valence electrons. The van der Waals surface area contributed by atoms with Crippen LogP contribution in [0.4, 0.5) is 11.4 Å². The third-order valence-electron chi connectivity index (χ3n) is 7.13. The van der Waals surface area contributed by atoms with E-state index in [4.69, 9.17) is 14.2 Å². The largest absolute Gasteiger partial charge is 0.455 e. The summed E-state index contributed by atoms with van der Waals surface area (Å²) in [5, 5.41) is 2.78. The van der Waals surface area contributed by atoms with Crippen LogP contribution < -0.4 is 10.2 Å². The van der Waals surface area contributed by atoms with Crippen LogP contribution in [0, 0.1) is 17.8 Å². The number of benzene rings is 1. The highest BCUT2D eigenvalue weighted by atomic mass is 32.2. The van der Waals surface area contributed by atoms with E-state index < -0.39 is 22.5 Å². The van der Waals surface area contributed by atoms with E-state index in [2.05, 4.69) is 17.5 Å². The molecule has 0 spiro atoms. The molecule has 2 heterocycles. The zero-order valence-electron chi connectivity index (χ0n) is 19.6. The summed E-state index contributed by atoms with van der Waals surface area (Å²) in [7, 11) is -3.74. The number of hydrogen-bond acceptors (Lipinski definition) is 8. The Bertz CT molecular complexity index is 1090. The van der Waals surface area contributed by atoms with E-state index in [1.807, 2.05) is 4.90 Å². The number of hydrogen-bond donors (Lipinski definition) is 1. The van der Waals surface area contributed by atoms with E-state index in [-0.39, 0.29) is 35.8 Å². The molecule has 1 N–H and O–H groups in total. The van der Waals surface area contributed by atoms with Gasteiger partial charge in [-0.3, -0.25) is 9.59 Å². The van der Waals surface area contributed by atoms with E-state index in [0.29, 0.717) is 56.8 Å². The van der Waals surface area contributed by atoms with Crippen LogP contribution in [0.3, 0.4) is 0 Å². The van der Waals surface area contributed by atoms with Crippen LogP contribution in [0.1, 0.15) is 12.8 Å². The summed E-state index contributed by atoms with van der Waals surface area (Å²) in [6.45, 7) is 3.15. The van der Waals surface area contributed by atoms with Crippen molar-refractivity contribution in [3.63, 3.8) is 0 Å². The van der Waals surface area contributed by atoms with Crippen LogP contribution in [0.2, 0.25) is 0 Å². The molecule has 3 atom stereocenters. The minimum Gasteiger partial charge on any atom is -0.455 e. The smallest absolute Gasteiger partial charge is 0.310 e. The van der Waals surface area contributed by atoms with Crippen LogP contribution in [-0.4, -0.2) is 83.8 Å². The second-order valence-corrected chi connectivity index (χ2v) is 11.3. The summed E-state index contributed by atoms with van der Waals surface area (Å²) in [5.74, 6) is -0.422. The molecule has 2 bridgehead atoms. The summed E-state index contributed by atoms with van der Waals surface area (Å²) in [5.41, 5.74) is 1.07. The van der Waals surface area contributed by atoms with Gasteiger partial charge in [-0.15, -0.1) is 0 Å². The summed E-state index contributed by atoms with van der Waals surface area (Å²) in [6.07, 6.45) is 5.95. The summed E-state index contributed by atoms with van der Waals surface area (Å²) < 4.78 is 43.8. The van der Waals surface area contributed by atoms with Gasteiger partial charge in [0.25, 0.3) is 5.91 Å². The number of allylic oxidation sites excluding steroid dienone is 2. The number of nitrogens with zero attached hydrogens (tertiary/aromatic N) is 2. The molecule has 5 rings (SSSR count). The van der Waals surface area contributed by atoms with Crippen molar-refractivity contribution in [2.24, 2.45) is 17.8 Å². The minimum absolute atomic E-state index is 0.0949. The SMILES string of the molecule is O=C(COC(=O)C1CC2C=CC1C2)Nc1cc(S(=O)(=O)N2CCOCC2)ccc1N1CCOCC1. The average molecular weight is 506 g/mol. The van der Waals surface area contributed by atoms with Gasteiger partial charge in [0.1, 0.15) is 0 Å². The number of nitrogens with one attached hydrogen (secondary N) is 1. The monoisotopic (exact) mass is 505 g/mol. The number of anilines is 2. The first kappa shape index (κ1) is 24.2. The van der Waals surface area contributed by atoms with Crippen molar-refractivity contribution in [2.75, 3.05) is 69.4 Å². The topological polar surface area (TPSA) is 114 Å². The molecule has 2 saturated heterocycles. The standard InChI is InChI=1S/C24H31N3O7S/c28-23(16-34-24(29)20-14-17-1-2-18(20)13-17)25-21-15-19(35(30,31)27-7-11-33-12-8-27)3-4-22(21)26-5-9-32-10-6-26/h1-4,15,17-18,20H,5-14,16H2,(H,25,28). The van der Waals surface area contributed by atoms with Crippen LogP contribution in [0.5, 0.6) is 0 Å². The van der Waals surface area contributed by atoms with Crippen molar-refractivity contribution in [3.05, 3.63) is 30.4 Å². The second kappa shape index (κ2) is 10.3. The summed E-state index contributed by atoms with van der Waals surface area (Å²) in [6, 6.07) is 4.76. The third-order valence-corrected chi connectivity index (χ3v) is 9.02. The molecule has 0 radical (unpaired) electrons. The third kappa shape index (κ3) is 5.23. The lowest BCUT2D eigenvalue weighted by molar-refractivity contribution is -0.152. The Labute approximate surface area is 205 Å². The molecule has 4 aliphatic rings. The maximum Gasteiger partial charge on any atom is 0.310 e. The Morgan fingerprint density at radius 1 is 1.00 bits per heavy atom. The maximum absolute atomic E-state index is 13.2. The summed E-state index contributed by atoms with van der Waals surface area (Å²) >= 11 is 0. The fraction of sp³-hybridized carbons (Fsp3) is 0.583. The van der Waals surface area contributed by atoms with Crippen molar-refractivity contribution in [2.45, 2.75) is 17.7 Å². The van der Waals surface area contributed by atoms with E-state index in [1.54, 1.807) is 12.1 Å². The first-order valence-electron chi connectivity index (χ1n) is 12.1. The molecule has 3 fully saturated rings. The predicted octanol–water partition coefficient (Wildman–Crippen LogP) is 1.24. The molecule has 2 aliphatic carbocycles. The van der Waals surface area contributed by atoms with E-state index in [0.717, 1.165) is 12.8 Å². The van der Waals surface area contributed by atoms with E-state index in [9.17, 15) is 18.0 Å². The molecular weight excluding hydrogens is 474 g/mol. The van der Waals surface area contributed by atoms with Gasteiger partial charge in [0.15, 0.2) is 6.61 Å². The number of fused-ring (bicyclic) bond motifs is 2. The maximum atomic E-state index is 13.2. The lowest BCUT2D eigenvalue weighted by atomic mass is 9.94. The van der Waals surface area contributed by atoms with Crippen LogP contribution >= 0.6 is 0 Å². The van der Waals surface area contributed by atoms with Gasteiger partial charge in [-0.05, 0) is 42.9 Å². The van der Waals surface area contributed by atoms with Crippen molar-refractivity contribution in [1.29, 1.82) is 0 Å². The number of morpholine rings is 2. The second-order valence-electron chi connectivity index (χ2n) is 9.34. The Hall–Kier alpha value is -2.47. The number of sulfonamides is 1. The zero-order valence-corrected chi connectivity index (χ0v) is 20.4. The highest BCUT2D eigenvalue weighted by Gasteiger charge is 2.41. The highest BCUT2D eigenvalue weighted by molar-refractivity contribution is 7.89. The van der Waals surface area contributed by atoms with Crippen LogP contribution in [0.15, 0.2) is 35.2 Å². The van der Waals surface area contributed by atoms with Gasteiger partial charge in [0, 0.05) is 26.2 Å². The predicted molar refractivity (Wildman–Crippen MR) is 127 cm³/mol. The van der Waals surface area contributed by atoms with Crippen molar-refractivity contribution >= 4 is 33.3 Å². The van der Waals surface area contributed by atoms with E-state index in [1.165, 1.54) is 10.4 Å². The minimum atomic E-state index is -3.74. The molecule has 1 aromatic rings. The molecule has 1 amide bonds. The Morgan fingerprint density at radius 3 is 2.37 bits per heavy atom. The first-order valence-corrected chi connectivity index (χ1v) is 13.6. The number of rotatable bonds is 7. The highest BCUT2D eigenvalue weighted by Crippen LogP contribution is 2.43. The van der Waals surface area contributed by atoms with Gasteiger partial charge in [-0.25, -0.2) is 8.42 Å². The van der Waals surface area contributed by atoms with Gasteiger partial charge < -0.3 is 24.4 Å². The lowest BCUT2D eigenvalue weighted by Crippen LogP contribution is -2.40. The number of carbonyl (C=O) groups excluding carboxylic acids is 2. The lowest BCUT2D eigenvalue weighted by Gasteiger charge is -2.31. The van der Waals surface area contributed by atoms with Gasteiger partial charge in [0.2, 0.25) is 10.0 Å². The zero-order chi connectivity index (χ0) is 24.4. The average Bonchev–Trinajstić information content (AvgIpc) is 3.52. The molecule has 10 nitrogen and oxygen atoms in total. The van der Waals surface area contributed by atoms with Gasteiger partial charge >= 0.3 is 5.97 Å².